The molecule has 0 bridgehead atoms. The van der Waals surface area contributed by atoms with Gasteiger partial charge in [-0.25, -0.2) is 4.39 Å². The fourth-order valence-electron chi connectivity index (χ4n) is 2.07. The maximum Gasteiger partial charge on any atom is 0.124 e. The van der Waals surface area contributed by atoms with Gasteiger partial charge in [0, 0.05) is 10.4 Å². The first-order chi connectivity index (χ1) is 9.67. The van der Waals surface area contributed by atoms with Gasteiger partial charge in [-0.1, -0.05) is 18.5 Å². The van der Waals surface area contributed by atoms with E-state index in [9.17, 15) is 4.39 Å². The molecule has 2 nitrogen and oxygen atoms in total. The van der Waals surface area contributed by atoms with E-state index in [0.717, 1.165) is 23.4 Å². The van der Waals surface area contributed by atoms with Gasteiger partial charge in [0.2, 0.25) is 0 Å². The molecular formula is C15H17ClFNOS. The lowest BCUT2D eigenvalue weighted by Crippen LogP contribution is -2.23. The van der Waals surface area contributed by atoms with Crippen molar-refractivity contribution >= 4 is 22.9 Å². The van der Waals surface area contributed by atoms with E-state index in [1.54, 1.807) is 24.5 Å². The van der Waals surface area contributed by atoms with E-state index in [2.05, 4.69) is 12.2 Å². The first-order valence-electron chi connectivity index (χ1n) is 6.47. The van der Waals surface area contributed by atoms with Crippen LogP contribution in [-0.2, 0) is 0 Å². The molecule has 0 amide bonds. The molecule has 0 fully saturated rings. The molecule has 5 heteroatoms. The van der Waals surface area contributed by atoms with Crippen molar-refractivity contribution in [2.24, 2.45) is 0 Å². The predicted octanol–water partition coefficient (Wildman–Crippen LogP) is 4.64. The first-order valence-corrected chi connectivity index (χ1v) is 7.72. The Morgan fingerprint density at radius 3 is 2.80 bits per heavy atom. The lowest BCUT2D eigenvalue weighted by molar-refractivity contribution is 0.402. The molecule has 1 aromatic carbocycles. The predicted molar refractivity (Wildman–Crippen MR) is 82.4 cm³/mol. The Morgan fingerprint density at radius 1 is 1.40 bits per heavy atom. The smallest absolute Gasteiger partial charge is 0.124 e. The summed E-state index contributed by atoms with van der Waals surface area (Å²) < 4.78 is 18.9. The van der Waals surface area contributed by atoms with Crippen LogP contribution in [0.4, 0.5) is 4.39 Å². The third-order valence-electron chi connectivity index (χ3n) is 3.01. The van der Waals surface area contributed by atoms with Crippen LogP contribution in [0, 0.1) is 5.82 Å². The molecule has 1 unspecified atom stereocenters. The lowest BCUT2D eigenvalue weighted by atomic mass is 10.0. The van der Waals surface area contributed by atoms with Crippen molar-refractivity contribution in [3.05, 3.63) is 50.9 Å². The Balaban J connectivity index is 2.46. The van der Waals surface area contributed by atoms with E-state index in [1.807, 2.05) is 11.4 Å². The summed E-state index contributed by atoms with van der Waals surface area (Å²) in [6, 6.07) is 6.24. The molecule has 1 heterocycles. The quantitative estimate of drug-likeness (QED) is 0.839. The molecule has 1 aromatic heterocycles. The SMILES string of the molecule is CCCNC(c1cc(F)ccc1OC)c1sccc1Cl. The molecule has 1 N–H and O–H groups in total. The molecule has 2 aromatic rings. The average molecular weight is 314 g/mol. The standard InChI is InChI=1S/C15H17ClFNOS/c1-3-7-18-14(15-12(16)6-8-20-15)11-9-10(17)4-5-13(11)19-2/h4-6,8-9,14,18H,3,7H2,1-2H3. The minimum Gasteiger partial charge on any atom is -0.496 e. The van der Waals surface area contributed by atoms with Gasteiger partial charge in [0.25, 0.3) is 0 Å². The van der Waals surface area contributed by atoms with Crippen molar-refractivity contribution in [2.75, 3.05) is 13.7 Å². The van der Waals surface area contributed by atoms with Gasteiger partial charge in [-0.2, -0.15) is 0 Å². The van der Waals surface area contributed by atoms with E-state index >= 15 is 0 Å². The molecule has 20 heavy (non-hydrogen) atoms. The summed E-state index contributed by atoms with van der Waals surface area (Å²) in [6.45, 7) is 2.90. The zero-order valence-corrected chi connectivity index (χ0v) is 13.0. The van der Waals surface area contributed by atoms with E-state index in [1.165, 1.54) is 12.1 Å². The molecule has 0 saturated heterocycles. The van der Waals surface area contributed by atoms with Crippen molar-refractivity contribution < 1.29 is 9.13 Å². The zero-order valence-electron chi connectivity index (χ0n) is 11.5. The second-order valence-electron chi connectivity index (χ2n) is 4.41. The van der Waals surface area contributed by atoms with E-state index in [4.69, 9.17) is 16.3 Å². The summed E-state index contributed by atoms with van der Waals surface area (Å²) in [5.41, 5.74) is 0.769. The number of nitrogens with one attached hydrogen (secondary N) is 1. The highest BCUT2D eigenvalue weighted by molar-refractivity contribution is 7.10. The Bertz CT molecular complexity index is 573. The number of rotatable bonds is 6. The Hall–Kier alpha value is -1.10. The van der Waals surface area contributed by atoms with Crippen LogP contribution < -0.4 is 10.1 Å². The van der Waals surface area contributed by atoms with Crippen molar-refractivity contribution in [3.8, 4) is 5.75 Å². The summed E-state index contributed by atoms with van der Waals surface area (Å²) in [7, 11) is 1.59. The highest BCUT2D eigenvalue weighted by Crippen LogP contribution is 2.37. The van der Waals surface area contributed by atoms with Crippen LogP contribution in [0.1, 0.15) is 29.8 Å². The molecule has 1 atom stereocenters. The lowest BCUT2D eigenvalue weighted by Gasteiger charge is -2.21. The highest BCUT2D eigenvalue weighted by atomic mass is 35.5. The zero-order chi connectivity index (χ0) is 14.5. The van der Waals surface area contributed by atoms with Crippen molar-refractivity contribution in [3.63, 3.8) is 0 Å². The maximum atomic E-state index is 13.6. The minimum atomic E-state index is -0.281. The number of methoxy groups -OCH3 is 1. The highest BCUT2D eigenvalue weighted by Gasteiger charge is 2.21. The van der Waals surface area contributed by atoms with Gasteiger partial charge in [0.1, 0.15) is 11.6 Å². The Kier molecular flexibility index (Phi) is 5.40. The van der Waals surface area contributed by atoms with Gasteiger partial charge < -0.3 is 10.1 Å². The number of halogens is 2. The topological polar surface area (TPSA) is 21.3 Å². The Labute approximate surface area is 127 Å². The summed E-state index contributed by atoms with van der Waals surface area (Å²) in [5, 5.41) is 6.03. The van der Waals surface area contributed by atoms with E-state index < -0.39 is 0 Å². The summed E-state index contributed by atoms with van der Waals surface area (Å²) >= 11 is 7.79. The number of thiophene rings is 1. The maximum absolute atomic E-state index is 13.6. The van der Waals surface area contributed by atoms with Crippen LogP contribution in [-0.4, -0.2) is 13.7 Å². The van der Waals surface area contributed by atoms with Crippen LogP contribution in [0.5, 0.6) is 5.75 Å². The molecule has 0 spiro atoms. The summed E-state index contributed by atoms with van der Waals surface area (Å²) in [4.78, 5) is 0.976. The second-order valence-corrected chi connectivity index (χ2v) is 5.76. The van der Waals surface area contributed by atoms with Crippen molar-refractivity contribution in [1.29, 1.82) is 0 Å². The molecule has 0 radical (unpaired) electrons. The third-order valence-corrected chi connectivity index (χ3v) is 4.43. The summed E-state index contributed by atoms with van der Waals surface area (Å²) in [6.07, 6.45) is 0.983. The molecule has 0 aliphatic rings. The monoisotopic (exact) mass is 313 g/mol. The number of hydrogen-bond donors (Lipinski definition) is 1. The number of benzene rings is 1. The van der Waals surface area contributed by atoms with Gasteiger partial charge >= 0.3 is 0 Å². The van der Waals surface area contributed by atoms with Gasteiger partial charge in [-0.3, -0.25) is 0 Å². The van der Waals surface area contributed by atoms with Crippen LogP contribution in [0.2, 0.25) is 5.02 Å². The average Bonchev–Trinajstić information content (AvgIpc) is 2.86. The van der Waals surface area contributed by atoms with Crippen LogP contribution in [0.15, 0.2) is 29.6 Å². The van der Waals surface area contributed by atoms with Crippen molar-refractivity contribution in [2.45, 2.75) is 19.4 Å². The van der Waals surface area contributed by atoms with Crippen LogP contribution in [0.25, 0.3) is 0 Å². The van der Waals surface area contributed by atoms with Crippen molar-refractivity contribution in [1.82, 2.24) is 5.32 Å². The van der Waals surface area contributed by atoms with E-state index in [-0.39, 0.29) is 11.9 Å². The molecule has 2 rings (SSSR count). The van der Waals surface area contributed by atoms with Gasteiger partial charge in [-0.05, 0) is 42.6 Å². The fraction of sp³-hybridized carbons (Fsp3) is 0.333. The van der Waals surface area contributed by atoms with Gasteiger partial charge in [-0.15, -0.1) is 11.3 Å². The largest absolute Gasteiger partial charge is 0.496 e. The molecular weight excluding hydrogens is 297 g/mol. The molecule has 108 valence electrons. The van der Waals surface area contributed by atoms with Crippen LogP contribution >= 0.6 is 22.9 Å². The fourth-order valence-corrected chi connectivity index (χ4v) is 3.33. The third kappa shape index (κ3) is 3.32. The van der Waals surface area contributed by atoms with Gasteiger partial charge in [0.05, 0.1) is 18.2 Å². The molecule has 0 aliphatic carbocycles. The van der Waals surface area contributed by atoms with Crippen LogP contribution in [0.3, 0.4) is 0 Å². The normalized spacial score (nSPS) is 12.4. The minimum absolute atomic E-state index is 0.159. The van der Waals surface area contributed by atoms with E-state index in [0.29, 0.717) is 10.8 Å². The number of ether oxygens (including phenoxy) is 1. The first kappa shape index (κ1) is 15.3. The molecule has 0 saturated carbocycles. The molecule has 0 aliphatic heterocycles. The van der Waals surface area contributed by atoms with Gasteiger partial charge in [0.15, 0.2) is 0 Å². The second kappa shape index (κ2) is 7.07. The Morgan fingerprint density at radius 2 is 2.20 bits per heavy atom. The number of hydrogen-bond acceptors (Lipinski definition) is 3. The summed E-state index contributed by atoms with van der Waals surface area (Å²) in [5.74, 6) is 0.376.